The maximum Gasteiger partial charge on any atom is 0.333 e. The van der Waals surface area contributed by atoms with Crippen LogP contribution in [0.5, 0.6) is 11.5 Å². The first-order valence-electron chi connectivity index (χ1n) is 9.11. The zero-order chi connectivity index (χ0) is 21.0. The molecule has 0 unspecified atom stereocenters. The molecule has 7 nitrogen and oxygen atoms in total. The largest absolute Gasteiger partial charge is 0.490 e. The van der Waals surface area contributed by atoms with Gasteiger partial charge in [0.1, 0.15) is 30.3 Å². The van der Waals surface area contributed by atoms with E-state index in [4.69, 9.17) is 9.47 Å². The van der Waals surface area contributed by atoms with Crippen LogP contribution in [0.2, 0.25) is 0 Å². The normalized spacial score (nSPS) is 14.3. The molecule has 150 valence electrons. The van der Waals surface area contributed by atoms with Crippen LogP contribution in [-0.2, 0) is 9.59 Å². The molecule has 0 bridgehead atoms. The van der Waals surface area contributed by atoms with Crippen LogP contribution in [0.15, 0.2) is 54.1 Å². The number of hydrogen-bond donors (Lipinski definition) is 0. The van der Waals surface area contributed by atoms with Crippen molar-refractivity contribution in [1.82, 2.24) is 9.80 Å². The van der Waals surface area contributed by atoms with E-state index >= 15 is 0 Å². The first-order valence-corrected chi connectivity index (χ1v) is 9.11. The fourth-order valence-electron chi connectivity index (χ4n) is 2.79. The van der Waals surface area contributed by atoms with E-state index in [2.05, 4.69) is 0 Å². The second-order valence-electron chi connectivity index (χ2n) is 6.65. The quantitative estimate of drug-likeness (QED) is 0.428. The number of barbiturate groups is 1. The van der Waals surface area contributed by atoms with Crippen molar-refractivity contribution in [3.8, 4) is 11.5 Å². The molecule has 0 radical (unpaired) electrons. The molecule has 4 amide bonds. The van der Waals surface area contributed by atoms with Crippen LogP contribution >= 0.6 is 0 Å². The van der Waals surface area contributed by atoms with E-state index in [9.17, 15) is 14.4 Å². The predicted molar refractivity (Wildman–Crippen MR) is 108 cm³/mol. The summed E-state index contributed by atoms with van der Waals surface area (Å²) < 4.78 is 11.3. The molecule has 2 aromatic rings. The van der Waals surface area contributed by atoms with E-state index in [1.54, 1.807) is 24.3 Å². The Kier molecular flexibility index (Phi) is 5.97. The number of ether oxygens (including phenoxy) is 2. The first kappa shape index (κ1) is 20.1. The zero-order valence-corrected chi connectivity index (χ0v) is 16.5. The van der Waals surface area contributed by atoms with Crippen LogP contribution in [0.3, 0.4) is 0 Å². The van der Waals surface area contributed by atoms with Crippen molar-refractivity contribution >= 4 is 23.9 Å². The van der Waals surface area contributed by atoms with Gasteiger partial charge in [0.15, 0.2) is 0 Å². The summed E-state index contributed by atoms with van der Waals surface area (Å²) in [6.45, 7) is 2.73. The van der Waals surface area contributed by atoms with Crippen molar-refractivity contribution in [2.75, 3.05) is 27.3 Å². The molecule has 2 aromatic carbocycles. The Morgan fingerprint density at radius 1 is 0.828 bits per heavy atom. The number of rotatable bonds is 6. The lowest BCUT2D eigenvalue weighted by Gasteiger charge is -2.28. The number of aryl methyl sites for hydroxylation is 1. The minimum Gasteiger partial charge on any atom is -0.490 e. The van der Waals surface area contributed by atoms with Crippen molar-refractivity contribution < 1.29 is 23.9 Å². The van der Waals surface area contributed by atoms with Crippen LogP contribution < -0.4 is 9.47 Å². The van der Waals surface area contributed by atoms with Gasteiger partial charge in [-0.2, -0.15) is 0 Å². The van der Waals surface area contributed by atoms with Gasteiger partial charge in [0.05, 0.1) is 0 Å². The van der Waals surface area contributed by atoms with E-state index in [0.29, 0.717) is 24.5 Å². The smallest absolute Gasteiger partial charge is 0.333 e. The first-order chi connectivity index (χ1) is 13.9. The van der Waals surface area contributed by atoms with Gasteiger partial charge in [0.25, 0.3) is 11.8 Å². The molecule has 0 saturated carbocycles. The molecule has 3 rings (SSSR count). The third-order valence-electron chi connectivity index (χ3n) is 4.45. The topological polar surface area (TPSA) is 76.2 Å². The van der Waals surface area contributed by atoms with Gasteiger partial charge < -0.3 is 9.47 Å². The predicted octanol–water partition coefficient (Wildman–Crippen LogP) is 2.89. The van der Waals surface area contributed by atoms with E-state index in [1.807, 2.05) is 31.2 Å². The van der Waals surface area contributed by atoms with Crippen LogP contribution in [0.1, 0.15) is 11.1 Å². The lowest BCUT2D eigenvalue weighted by Crippen LogP contribution is -2.52. The number of nitrogens with zero attached hydrogens (tertiary/aromatic N) is 2. The second kappa shape index (κ2) is 8.60. The molecule has 0 aromatic heterocycles. The molecule has 0 atom stereocenters. The fraction of sp³-hybridized carbons (Fsp3) is 0.227. The summed E-state index contributed by atoms with van der Waals surface area (Å²) in [7, 11) is 2.68. The highest BCUT2D eigenvalue weighted by atomic mass is 16.5. The van der Waals surface area contributed by atoms with Crippen molar-refractivity contribution in [2.24, 2.45) is 0 Å². The van der Waals surface area contributed by atoms with Crippen molar-refractivity contribution in [3.05, 3.63) is 65.2 Å². The monoisotopic (exact) mass is 394 g/mol. The van der Waals surface area contributed by atoms with E-state index < -0.39 is 17.8 Å². The number of carbonyl (C=O) groups is 3. The molecule has 1 aliphatic heterocycles. The number of likely N-dealkylation sites (N-methyl/N-ethyl adjacent to an activating group) is 2. The second-order valence-corrected chi connectivity index (χ2v) is 6.65. The molecule has 1 aliphatic rings. The number of hydrogen-bond acceptors (Lipinski definition) is 5. The van der Waals surface area contributed by atoms with Gasteiger partial charge in [-0.25, -0.2) is 4.79 Å². The molecule has 29 heavy (non-hydrogen) atoms. The number of benzene rings is 2. The standard InChI is InChI=1S/C22H22N2O5/c1-15-7-9-17(10-8-15)28-11-12-29-18-6-4-5-16(13-18)14-19-20(25)23(2)22(27)24(3)21(19)26/h4-10,13-14H,11-12H2,1-3H3. The van der Waals surface area contributed by atoms with Gasteiger partial charge >= 0.3 is 6.03 Å². The number of amides is 4. The molecule has 1 heterocycles. The van der Waals surface area contributed by atoms with Crippen LogP contribution in [-0.4, -0.2) is 55.0 Å². The molecule has 0 N–H and O–H groups in total. The van der Waals surface area contributed by atoms with E-state index in [0.717, 1.165) is 21.1 Å². The highest BCUT2D eigenvalue weighted by Crippen LogP contribution is 2.20. The molecule has 1 saturated heterocycles. The Bertz CT molecular complexity index is 939. The van der Waals surface area contributed by atoms with E-state index in [1.165, 1.54) is 20.2 Å². The summed E-state index contributed by atoms with van der Waals surface area (Å²) in [6, 6.07) is 14.1. The summed E-state index contributed by atoms with van der Waals surface area (Å²) in [4.78, 5) is 38.2. The van der Waals surface area contributed by atoms with Gasteiger partial charge in [-0.05, 0) is 42.8 Å². The fourth-order valence-corrected chi connectivity index (χ4v) is 2.79. The maximum absolute atomic E-state index is 12.3. The Morgan fingerprint density at radius 3 is 2.03 bits per heavy atom. The highest BCUT2D eigenvalue weighted by Gasteiger charge is 2.37. The minimum absolute atomic E-state index is 0.0746. The third-order valence-corrected chi connectivity index (χ3v) is 4.45. The average molecular weight is 394 g/mol. The number of urea groups is 1. The van der Waals surface area contributed by atoms with Crippen molar-refractivity contribution in [2.45, 2.75) is 6.92 Å². The number of imide groups is 2. The molecular weight excluding hydrogens is 372 g/mol. The summed E-state index contributed by atoms with van der Waals surface area (Å²) in [6.07, 6.45) is 1.46. The summed E-state index contributed by atoms with van der Waals surface area (Å²) >= 11 is 0. The number of carbonyl (C=O) groups excluding carboxylic acids is 3. The van der Waals surface area contributed by atoms with Gasteiger partial charge in [-0.15, -0.1) is 0 Å². The summed E-state index contributed by atoms with van der Waals surface area (Å²) in [5, 5.41) is 0. The molecule has 1 fully saturated rings. The average Bonchev–Trinajstić information content (AvgIpc) is 2.73. The van der Waals surface area contributed by atoms with Crippen molar-refractivity contribution in [3.63, 3.8) is 0 Å². The van der Waals surface area contributed by atoms with Crippen LogP contribution in [0.4, 0.5) is 4.79 Å². The van der Waals surface area contributed by atoms with Crippen LogP contribution in [0, 0.1) is 6.92 Å². The zero-order valence-electron chi connectivity index (χ0n) is 16.5. The Morgan fingerprint density at radius 2 is 1.41 bits per heavy atom. The van der Waals surface area contributed by atoms with Gasteiger partial charge in [0.2, 0.25) is 0 Å². The van der Waals surface area contributed by atoms with E-state index in [-0.39, 0.29) is 5.57 Å². The Labute approximate surface area is 169 Å². The Hall–Kier alpha value is -3.61. The maximum atomic E-state index is 12.3. The summed E-state index contributed by atoms with van der Waals surface area (Å²) in [5.74, 6) is 0.0991. The molecule has 0 aliphatic carbocycles. The van der Waals surface area contributed by atoms with Gasteiger partial charge in [-0.1, -0.05) is 29.8 Å². The highest BCUT2D eigenvalue weighted by molar-refractivity contribution is 6.30. The molecular formula is C22H22N2O5. The van der Waals surface area contributed by atoms with Crippen molar-refractivity contribution in [1.29, 1.82) is 0 Å². The minimum atomic E-state index is -0.650. The van der Waals surface area contributed by atoms with Gasteiger partial charge in [-0.3, -0.25) is 19.4 Å². The summed E-state index contributed by atoms with van der Waals surface area (Å²) in [5.41, 5.74) is 1.71. The third kappa shape index (κ3) is 4.63. The molecule has 7 heteroatoms. The Balaban J connectivity index is 1.64. The molecule has 0 spiro atoms. The van der Waals surface area contributed by atoms with Crippen LogP contribution in [0.25, 0.3) is 6.08 Å². The van der Waals surface area contributed by atoms with Gasteiger partial charge in [0, 0.05) is 14.1 Å². The SMILES string of the molecule is Cc1ccc(OCCOc2cccc(C=C3C(=O)N(C)C(=O)N(C)C3=O)c2)cc1. The lowest BCUT2D eigenvalue weighted by atomic mass is 10.1. The lowest BCUT2D eigenvalue weighted by molar-refractivity contribution is -0.134.